The average Bonchev–Trinajstić information content (AvgIpc) is 3.28. The third-order valence-electron chi connectivity index (χ3n) is 11.0. The summed E-state index contributed by atoms with van der Waals surface area (Å²) < 4.78 is 119. The Bertz CT molecular complexity index is 2580. The normalized spacial score (nSPS) is 12.0. The van der Waals surface area contributed by atoms with E-state index in [0.717, 1.165) is 56.7 Å². The van der Waals surface area contributed by atoms with Gasteiger partial charge in [0.2, 0.25) is 0 Å². The minimum absolute atomic E-state index is 0.0640. The number of aryl methyl sites for hydroxylation is 2. The maximum atomic E-state index is 14.2. The number of unbranched alkanes of at least 4 members (excludes halogenated alkanes) is 4. The zero-order chi connectivity index (χ0) is 47.4. The van der Waals surface area contributed by atoms with Crippen LogP contribution in [0.2, 0.25) is 0 Å². The van der Waals surface area contributed by atoms with Crippen LogP contribution < -0.4 is 20.7 Å². The van der Waals surface area contributed by atoms with E-state index in [1.165, 1.54) is 36.4 Å². The van der Waals surface area contributed by atoms with E-state index in [2.05, 4.69) is 6.58 Å². The van der Waals surface area contributed by atoms with Gasteiger partial charge in [0.1, 0.15) is 22.7 Å². The molecule has 2 aromatic heterocycles. The number of esters is 1. The van der Waals surface area contributed by atoms with Gasteiger partial charge in [0, 0.05) is 52.9 Å². The molecule has 15 heteroatoms. The first-order valence-electron chi connectivity index (χ1n) is 21.8. The highest BCUT2D eigenvalue weighted by Gasteiger charge is 2.36. The molecule has 0 atom stereocenters. The Morgan fingerprint density at radius 1 is 0.621 bits per heavy atom. The second-order valence-electron chi connectivity index (χ2n) is 15.8. The van der Waals surface area contributed by atoms with Crippen LogP contribution in [-0.2, 0) is 39.5 Å². The summed E-state index contributed by atoms with van der Waals surface area (Å²) in [7, 11) is 0. The summed E-state index contributed by atoms with van der Waals surface area (Å²) in [6.45, 7) is 7.10. The van der Waals surface area contributed by atoms with Gasteiger partial charge in [-0.05, 0) is 85.3 Å². The summed E-state index contributed by atoms with van der Waals surface area (Å²) in [5.41, 5.74) is -3.41. The van der Waals surface area contributed by atoms with Crippen LogP contribution in [0.4, 0.5) is 26.3 Å². The Morgan fingerprint density at radius 3 is 1.48 bits per heavy atom. The molecule has 0 radical (unpaired) electrons. The number of hydrogen-bond donors (Lipinski definition) is 0. The van der Waals surface area contributed by atoms with Crippen molar-refractivity contribution in [1.82, 2.24) is 0 Å². The van der Waals surface area contributed by atoms with Gasteiger partial charge in [-0.15, -0.1) is 0 Å². The molecule has 0 aliphatic carbocycles. The van der Waals surface area contributed by atoms with Gasteiger partial charge in [-0.1, -0.05) is 70.4 Å². The minimum Gasteiger partial charge on any atom is -0.493 e. The van der Waals surface area contributed by atoms with Crippen LogP contribution >= 0.6 is 0 Å². The lowest BCUT2D eigenvalue weighted by atomic mass is 9.95. The van der Waals surface area contributed by atoms with Crippen molar-refractivity contribution in [2.24, 2.45) is 0 Å². The van der Waals surface area contributed by atoms with Crippen LogP contribution in [0.25, 0.3) is 44.2 Å². The maximum absolute atomic E-state index is 14.2. The number of alkyl halides is 6. The molecule has 0 amide bonds. The molecule has 0 saturated carbocycles. The number of carbonyl (C=O) groups is 1. The molecular formula is C51H50F6O9. The number of benzene rings is 4. The molecule has 0 unspecified atom stereocenters. The molecule has 66 heavy (non-hydrogen) atoms. The predicted molar refractivity (Wildman–Crippen MR) is 239 cm³/mol. The lowest BCUT2D eigenvalue weighted by molar-refractivity contribution is -0.156. The Kier molecular flexibility index (Phi) is 16.5. The Morgan fingerprint density at radius 2 is 1.08 bits per heavy atom. The topological polar surface area (TPSA) is 114 Å². The van der Waals surface area contributed by atoms with Gasteiger partial charge in [-0.2, -0.15) is 26.3 Å². The van der Waals surface area contributed by atoms with Crippen molar-refractivity contribution < 1.29 is 58.9 Å². The monoisotopic (exact) mass is 920 g/mol. The summed E-state index contributed by atoms with van der Waals surface area (Å²) >= 11 is 0. The lowest BCUT2D eigenvalue weighted by Crippen LogP contribution is -2.22. The van der Waals surface area contributed by atoms with Crippen LogP contribution in [0.3, 0.4) is 0 Å². The summed E-state index contributed by atoms with van der Waals surface area (Å²) in [6.07, 6.45) is -2.39. The fourth-order valence-electron chi connectivity index (χ4n) is 7.50. The second-order valence-corrected chi connectivity index (χ2v) is 15.8. The summed E-state index contributed by atoms with van der Waals surface area (Å²) in [6, 6.07) is 20.0. The largest absolute Gasteiger partial charge is 0.493 e. The second kappa shape index (κ2) is 22.2. The van der Waals surface area contributed by atoms with E-state index >= 15 is 0 Å². The molecule has 0 N–H and O–H groups in total. The van der Waals surface area contributed by atoms with E-state index in [1.807, 2.05) is 13.8 Å². The Hall–Kier alpha value is -6.35. The smallest absolute Gasteiger partial charge is 0.417 e. The van der Waals surface area contributed by atoms with Gasteiger partial charge < -0.3 is 27.8 Å². The highest BCUT2D eigenvalue weighted by molar-refractivity contribution is 5.85. The van der Waals surface area contributed by atoms with Gasteiger partial charge in [0.05, 0.1) is 41.6 Å². The predicted octanol–water partition coefficient (Wildman–Crippen LogP) is 13.0. The van der Waals surface area contributed by atoms with Gasteiger partial charge >= 0.3 is 29.6 Å². The Balaban J connectivity index is 1.11. The molecule has 4 aromatic carbocycles. The molecule has 2 heterocycles. The molecule has 0 bridgehead atoms. The minimum atomic E-state index is -4.70. The van der Waals surface area contributed by atoms with Crippen molar-refractivity contribution >= 4 is 27.9 Å². The molecule has 0 aliphatic heterocycles. The first kappa shape index (κ1) is 49.1. The average molecular weight is 921 g/mol. The van der Waals surface area contributed by atoms with Crippen LogP contribution in [0.5, 0.6) is 11.5 Å². The van der Waals surface area contributed by atoms with Crippen LogP contribution in [0.1, 0.15) is 87.5 Å². The molecule has 0 saturated heterocycles. The molecular weight excluding hydrogens is 871 g/mol. The van der Waals surface area contributed by atoms with E-state index in [4.69, 9.17) is 27.8 Å². The molecule has 6 rings (SSSR count). The highest BCUT2D eigenvalue weighted by Crippen LogP contribution is 2.39. The van der Waals surface area contributed by atoms with Crippen molar-refractivity contribution in [3.63, 3.8) is 0 Å². The molecule has 350 valence electrons. The zero-order valence-electron chi connectivity index (χ0n) is 36.6. The van der Waals surface area contributed by atoms with Crippen molar-refractivity contribution in [2.45, 2.75) is 96.5 Å². The van der Waals surface area contributed by atoms with Crippen LogP contribution in [0.15, 0.2) is 116 Å². The van der Waals surface area contributed by atoms with Crippen molar-refractivity contribution in [3.05, 3.63) is 141 Å². The lowest BCUT2D eigenvalue weighted by Gasteiger charge is -2.18. The Labute approximate surface area is 376 Å². The van der Waals surface area contributed by atoms with Crippen molar-refractivity contribution in [1.29, 1.82) is 0 Å². The van der Waals surface area contributed by atoms with Gasteiger partial charge in [0.15, 0.2) is 6.79 Å². The van der Waals surface area contributed by atoms with Crippen LogP contribution in [0, 0.1) is 0 Å². The molecule has 0 aliphatic rings. The van der Waals surface area contributed by atoms with E-state index in [0.29, 0.717) is 46.2 Å². The maximum Gasteiger partial charge on any atom is 0.417 e. The van der Waals surface area contributed by atoms with E-state index in [1.54, 1.807) is 36.4 Å². The standard InChI is InChI=1S/C51H50F6O9/c1-4-7-9-11-32-13-19-39(43(25-32)50(52,53)54)41-27-34-15-17-37(29-45(34)65-48(41)59)61-23-21-36(63-31-64-47(58)6-3)22-24-62-38-18-16-35-28-42(49(60)66-46(35)30-38)40-20-14-33(12-10-8-5-2)26-44(40)51(55,56)57/h6,13-20,25-30,36H,3-5,7-12,21-24,31H2,1-2H3. The number of rotatable bonds is 22. The summed E-state index contributed by atoms with van der Waals surface area (Å²) in [5.74, 6) is -0.103. The molecule has 0 spiro atoms. The number of fused-ring (bicyclic) bond motifs is 2. The number of hydrogen-bond acceptors (Lipinski definition) is 9. The zero-order valence-corrected chi connectivity index (χ0v) is 36.6. The van der Waals surface area contributed by atoms with Gasteiger partial charge in [0.25, 0.3) is 0 Å². The third-order valence-corrected chi connectivity index (χ3v) is 11.0. The number of carbonyl (C=O) groups excluding carboxylic acids is 1. The van der Waals surface area contributed by atoms with Gasteiger partial charge in [-0.25, -0.2) is 14.4 Å². The first-order valence-corrected chi connectivity index (χ1v) is 21.8. The van der Waals surface area contributed by atoms with Crippen LogP contribution in [-0.4, -0.2) is 32.1 Å². The quantitative estimate of drug-likeness (QED) is 0.0164. The third kappa shape index (κ3) is 12.9. The van der Waals surface area contributed by atoms with E-state index in [-0.39, 0.29) is 59.5 Å². The molecule has 6 aromatic rings. The van der Waals surface area contributed by atoms with Crippen molar-refractivity contribution in [2.75, 3.05) is 20.0 Å². The fraction of sp³-hybridized carbons (Fsp3) is 0.353. The molecule has 9 nitrogen and oxygen atoms in total. The van der Waals surface area contributed by atoms with Crippen molar-refractivity contribution in [3.8, 4) is 33.8 Å². The summed E-state index contributed by atoms with van der Waals surface area (Å²) in [5, 5.41) is 0.762. The summed E-state index contributed by atoms with van der Waals surface area (Å²) in [4.78, 5) is 37.9. The SMILES string of the molecule is C=CC(=O)OCOC(CCOc1ccc2cc(-c3ccc(CCCCC)cc3C(F)(F)F)c(=O)oc2c1)CCOc1ccc2cc(-c3ccc(CCCCC)cc3C(F)(F)F)c(=O)oc2c1. The van der Waals surface area contributed by atoms with E-state index < -0.39 is 53.6 Å². The fourth-order valence-corrected chi connectivity index (χ4v) is 7.50. The highest BCUT2D eigenvalue weighted by atomic mass is 19.4. The van der Waals surface area contributed by atoms with Gasteiger partial charge in [-0.3, -0.25) is 0 Å². The molecule has 0 fully saturated rings. The number of halogens is 6. The first-order chi connectivity index (χ1) is 31.6. The number of ether oxygens (including phenoxy) is 4. The van der Waals surface area contributed by atoms with E-state index in [9.17, 15) is 40.7 Å².